The average Bonchev–Trinajstić information content (AvgIpc) is 2.42. The molecule has 2 aromatic carbocycles. The van der Waals surface area contributed by atoms with E-state index in [2.05, 4.69) is 0 Å². The average molecular weight is 277 g/mol. The van der Waals surface area contributed by atoms with Crippen molar-refractivity contribution in [3.63, 3.8) is 0 Å². The maximum atomic E-state index is 13.3. The van der Waals surface area contributed by atoms with E-state index in [1.165, 1.54) is 6.07 Å². The molecule has 1 unspecified atom stereocenters. The molecular formula is C16H17F2NO. The molecule has 0 aromatic heterocycles. The van der Waals surface area contributed by atoms with Crippen LogP contribution in [0, 0.1) is 11.6 Å². The fourth-order valence-corrected chi connectivity index (χ4v) is 2.29. The molecule has 0 aliphatic rings. The molecule has 0 fully saturated rings. The van der Waals surface area contributed by atoms with Crippen molar-refractivity contribution < 1.29 is 13.5 Å². The van der Waals surface area contributed by atoms with Crippen molar-refractivity contribution >= 4 is 0 Å². The predicted octanol–water partition coefficient (Wildman–Crippen LogP) is 3.39. The summed E-state index contributed by atoms with van der Waals surface area (Å²) in [5.41, 5.74) is 7.06. The third-order valence-electron chi connectivity index (χ3n) is 3.28. The Kier molecular flexibility index (Phi) is 4.04. The van der Waals surface area contributed by atoms with Gasteiger partial charge in [0.05, 0.1) is 7.11 Å². The fraction of sp³-hybridized carbons (Fsp3) is 0.250. The van der Waals surface area contributed by atoms with E-state index in [1.54, 1.807) is 13.2 Å². The van der Waals surface area contributed by atoms with Crippen molar-refractivity contribution in [2.45, 2.75) is 18.9 Å². The Bertz CT molecular complexity index is 611. The van der Waals surface area contributed by atoms with Crippen LogP contribution in [0.3, 0.4) is 0 Å². The van der Waals surface area contributed by atoms with Gasteiger partial charge in [-0.15, -0.1) is 0 Å². The van der Waals surface area contributed by atoms with Gasteiger partial charge in [-0.25, -0.2) is 8.78 Å². The summed E-state index contributed by atoms with van der Waals surface area (Å²) < 4.78 is 31.5. The van der Waals surface area contributed by atoms with Gasteiger partial charge in [0.15, 0.2) is 11.6 Å². The number of halogens is 2. The Morgan fingerprint density at radius 3 is 2.45 bits per heavy atom. The van der Waals surface area contributed by atoms with Crippen molar-refractivity contribution in [2.75, 3.05) is 7.11 Å². The summed E-state index contributed by atoms with van der Waals surface area (Å²) in [7, 11) is 1.58. The highest BCUT2D eigenvalue weighted by Gasteiger charge is 2.25. The van der Waals surface area contributed by atoms with Crippen molar-refractivity contribution in [1.82, 2.24) is 0 Å². The van der Waals surface area contributed by atoms with Crippen LogP contribution in [-0.2, 0) is 12.0 Å². The Morgan fingerprint density at radius 1 is 1.10 bits per heavy atom. The monoisotopic (exact) mass is 277 g/mol. The number of ether oxygens (including phenoxy) is 1. The first-order chi connectivity index (χ1) is 9.44. The predicted molar refractivity (Wildman–Crippen MR) is 74.6 cm³/mol. The lowest BCUT2D eigenvalue weighted by Gasteiger charge is -2.27. The van der Waals surface area contributed by atoms with E-state index in [-0.39, 0.29) is 0 Å². The van der Waals surface area contributed by atoms with Crippen molar-refractivity contribution in [1.29, 1.82) is 0 Å². The van der Waals surface area contributed by atoms with Crippen molar-refractivity contribution in [3.05, 3.63) is 65.2 Å². The second-order valence-corrected chi connectivity index (χ2v) is 5.04. The Labute approximate surface area is 117 Å². The van der Waals surface area contributed by atoms with Gasteiger partial charge < -0.3 is 10.5 Å². The maximum absolute atomic E-state index is 13.3. The van der Waals surface area contributed by atoms with E-state index in [0.29, 0.717) is 17.7 Å². The SMILES string of the molecule is COc1ccccc1C(C)(N)Cc1ccc(F)c(F)c1. The summed E-state index contributed by atoms with van der Waals surface area (Å²) in [6.45, 7) is 1.84. The topological polar surface area (TPSA) is 35.2 Å². The Morgan fingerprint density at radius 2 is 1.80 bits per heavy atom. The normalized spacial score (nSPS) is 13.8. The first kappa shape index (κ1) is 14.5. The van der Waals surface area contributed by atoms with Gasteiger partial charge in [0.2, 0.25) is 0 Å². The third kappa shape index (κ3) is 2.96. The molecule has 106 valence electrons. The summed E-state index contributed by atoms with van der Waals surface area (Å²) >= 11 is 0. The van der Waals surface area contributed by atoms with E-state index < -0.39 is 17.2 Å². The molecule has 1 atom stereocenters. The van der Waals surface area contributed by atoms with Gasteiger partial charge in [0.25, 0.3) is 0 Å². The molecule has 0 aliphatic carbocycles. The lowest BCUT2D eigenvalue weighted by atomic mass is 9.86. The third-order valence-corrected chi connectivity index (χ3v) is 3.28. The number of hydrogen-bond acceptors (Lipinski definition) is 2. The molecule has 2 rings (SSSR count). The van der Waals surface area contributed by atoms with Crippen LogP contribution in [0.15, 0.2) is 42.5 Å². The van der Waals surface area contributed by atoms with Crippen LogP contribution in [-0.4, -0.2) is 7.11 Å². The van der Waals surface area contributed by atoms with E-state index in [0.717, 1.165) is 11.6 Å². The molecular weight excluding hydrogens is 260 g/mol. The van der Waals surface area contributed by atoms with Gasteiger partial charge in [-0.05, 0) is 37.1 Å². The zero-order chi connectivity index (χ0) is 14.8. The van der Waals surface area contributed by atoms with Crippen molar-refractivity contribution in [3.8, 4) is 5.75 Å². The highest BCUT2D eigenvalue weighted by Crippen LogP contribution is 2.30. The minimum atomic E-state index is -0.863. The lowest BCUT2D eigenvalue weighted by molar-refractivity contribution is 0.386. The van der Waals surface area contributed by atoms with Gasteiger partial charge in [-0.3, -0.25) is 0 Å². The molecule has 0 amide bonds. The number of hydrogen-bond donors (Lipinski definition) is 1. The van der Waals surface area contributed by atoms with Gasteiger partial charge in [-0.1, -0.05) is 24.3 Å². The van der Waals surface area contributed by atoms with E-state index in [4.69, 9.17) is 10.5 Å². The van der Waals surface area contributed by atoms with Gasteiger partial charge >= 0.3 is 0 Å². The zero-order valence-electron chi connectivity index (χ0n) is 11.5. The van der Waals surface area contributed by atoms with Crippen LogP contribution in [0.5, 0.6) is 5.75 Å². The second kappa shape index (κ2) is 5.59. The molecule has 0 saturated heterocycles. The van der Waals surface area contributed by atoms with Crippen LogP contribution in [0.2, 0.25) is 0 Å². The second-order valence-electron chi connectivity index (χ2n) is 5.04. The quantitative estimate of drug-likeness (QED) is 0.929. The molecule has 0 aliphatic heterocycles. The fourth-order valence-electron chi connectivity index (χ4n) is 2.29. The lowest BCUT2D eigenvalue weighted by Crippen LogP contribution is -2.35. The van der Waals surface area contributed by atoms with Crippen molar-refractivity contribution in [2.24, 2.45) is 5.73 Å². The number of methoxy groups -OCH3 is 1. The van der Waals surface area contributed by atoms with Gasteiger partial charge in [0.1, 0.15) is 5.75 Å². The van der Waals surface area contributed by atoms with Crippen LogP contribution < -0.4 is 10.5 Å². The number of nitrogens with two attached hydrogens (primary N) is 1. The maximum Gasteiger partial charge on any atom is 0.159 e. The highest BCUT2D eigenvalue weighted by atomic mass is 19.2. The molecule has 0 radical (unpaired) electrons. The summed E-state index contributed by atoms with van der Waals surface area (Å²) in [5, 5.41) is 0. The molecule has 20 heavy (non-hydrogen) atoms. The first-order valence-corrected chi connectivity index (χ1v) is 6.30. The number of para-hydroxylation sites is 1. The van der Waals surface area contributed by atoms with Crippen LogP contribution in [0.1, 0.15) is 18.1 Å². The smallest absolute Gasteiger partial charge is 0.159 e. The standard InChI is InChI=1S/C16H17F2NO/c1-16(19,12-5-3-4-6-15(12)20-2)10-11-7-8-13(17)14(18)9-11/h3-9H,10,19H2,1-2H3. The molecule has 0 heterocycles. The molecule has 2 N–H and O–H groups in total. The summed E-state index contributed by atoms with van der Waals surface area (Å²) in [6.07, 6.45) is 0.380. The molecule has 0 saturated carbocycles. The molecule has 4 heteroatoms. The van der Waals surface area contributed by atoms with E-state index in [1.807, 2.05) is 31.2 Å². The molecule has 0 bridgehead atoms. The number of rotatable bonds is 4. The summed E-state index contributed by atoms with van der Waals surface area (Å²) in [6, 6.07) is 11.3. The van der Waals surface area contributed by atoms with Crippen LogP contribution in [0.25, 0.3) is 0 Å². The Hall–Kier alpha value is -1.94. The van der Waals surface area contributed by atoms with E-state index >= 15 is 0 Å². The van der Waals surface area contributed by atoms with E-state index in [9.17, 15) is 8.78 Å². The Balaban J connectivity index is 2.32. The first-order valence-electron chi connectivity index (χ1n) is 6.30. The minimum absolute atomic E-state index is 0.380. The summed E-state index contributed by atoms with van der Waals surface area (Å²) in [5.74, 6) is -1.04. The summed E-state index contributed by atoms with van der Waals surface area (Å²) in [4.78, 5) is 0. The van der Waals surface area contributed by atoms with Crippen LogP contribution >= 0.6 is 0 Å². The molecule has 2 aromatic rings. The molecule has 2 nitrogen and oxygen atoms in total. The number of benzene rings is 2. The largest absolute Gasteiger partial charge is 0.496 e. The van der Waals surface area contributed by atoms with Crippen LogP contribution in [0.4, 0.5) is 8.78 Å². The zero-order valence-corrected chi connectivity index (χ0v) is 11.5. The highest BCUT2D eigenvalue weighted by molar-refractivity contribution is 5.39. The van der Waals surface area contributed by atoms with Gasteiger partial charge in [-0.2, -0.15) is 0 Å². The van der Waals surface area contributed by atoms with Gasteiger partial charge in [0, 0.05) is 11.1 Å². The molecule has 0 spiro atoms. The minimum Gasteiger partial charge on any atom is -0.496 e.